The van der Waals surface area contributed by atoms with Gasteiger partial charge < -0.3 is 10.2 Å². The maximum atomic E-state index is 13.0. The minimum atomic E-state index is -4.48. The number of rotatable bonds is 7. The second-order valence-corrected chi connectivity index (χ2v) is 10.8. The maximum absolute atomic E-state index is 13.0. The van der Waals surface area contributed by atoms with Gasteiger partial charge in [-0.2, -0.15) is 13.2 Å². The third-order valence-electron chi connectivity index (χ3n) is 6.26. The number of aromatic nitrogens is 1. The van der Waals surface area contributed by atoms with E-state index in [4.69, 9.17) is 5.14 Å². The van der Waals surface area contributed by atoms with Crippen LogP contribution >= 0.6 is 0 Å². The van der Waals surface area contributed by atoms with Gasteiger partial charge in [0, 0.05) is 42.2 Å². The molecule has 4 rings (SSSR count). The molecule has 0 fully saturated rings. The van der Waals surface area contributed by atoms with Crippen molar-refractivity contribution in [1.82, 2.24) is 10.3 Å². The minimum absolute atomic E-state index is 0.0555. The smallest absolute Gasteiger partial charge is 0.348 e. The van der Waals surface area contributed by atoms with E-state index in [9.17, 15) is 31.2 Å². The van der Waals surface area contributed by atoms with Gasteiger partial charge in [-0.25, -0.2) is 13.6 Å². The van der Waals surface area contributed by atoms with Gasteiger partial charge in [-0.05, 0) is 61.0 Å². The monoisotopic (exact) mass is 582 g/mol. The molecule has 3 aromatic carbocycles. The number of amides is 2. The Hall–Kier alpha value is -4.55. The number of sulfonamides is 1. The van der Waals surface area contributed by atoms with E-state index in [0.717, 1.165) is 17.7 Å². The molecule has 0 radical (unpaired) electrons. The number of hydrogen-bond donors (Lipinski definition) is 2. The van der Waals surface area contributed by atoms with Gasteiger partial charge >= 0.3 is 6.18 Å². The Morgan fingerprint density at radius 2 is 1.68 bits per heavy atom. The lowest BCUT2D eigenvalue weighted by Gasteiger charge is -2.17. The van der Waals surface area contributed by atoms with E-state index >= 15 is 0 Å². The van der Waals surface area contributed by atoms with E-state index in [1.165, 1.54) is 54.5 Å². The largest absolute Gasteiger partial charge is 0.416 e. The Balaban J connectivity index is 1.43. The summed E-state index contributed by atoms with van der Waals surface area (Å²) in [5.41, 5.74) is 1.99. The zero-order chi connectivity index (χ0) is 29.9. The summed E-state index contributed by atoms with van der Waals surface area (Å²) in [4.78, 5) is 31.0. The van der Waals surface area contributed by atoms with Gasteiger partial charge in [-0.1, -0.05) is 35.9 Å². The topological polar surface area (TPSA) is 122 Å². The molecule has 0 aliphatic rings. The molecule has 0 unspecified atom stereocenters. The number of primary sulfonamides is 1. The molecule has 8 nitrogen and oxygen atoms in total. The first-order valence-electron chi connectivity index (χ1n) is 12.2. The Morgan fingerprint density at radius 1 is 0.976 bits per heavy atom. The number of alkyl halides is 3. The second-order valence-electron chi connectivity index (χ2n) is 9.27. The number of nitrogens with one attached hydrogen (secondary N) is 1. The molecule has 4 aromatic rings. The number of nitrogens with zero attached hydrogens (tertiary/aromatic N) is 2. The van der Waals surface area contributed by atoms with Crippen molar-refractivity contribution in [3.05, 3.63) is 113 Å². The van der Waals surface area contributed by atoms with Crippen LogP contribution in [0.2, 0.25) is 0 Å². The average Bonchev–Trinajstić information content (AvgIpc) is 2.94. The number of carbonyl (C=O) groups is 2. The highest BCUT2D eigenvalue weighted by Crippen LogP contribution is 2.30. The Labute approximate surface area is 234 Å². The van der Waals surface area contributed by atoms with Crippen LogP contribution in [0.5, 0.6) is 0 Å². The fourth-order valence-corrected chi connectivity index (χ4v) is 4.81. The van der Waals surface area contributed by atoms with Gasteiger partial charge in [-0.15, -0.1) is 0 Å². The number of benzene rings is 3. The molecule has 1 aromatic heterocycles. The number of nitrogens with two attached hydrogens (primary N) is 1. The van der Waals surface area contributed by atoms with E-state index in [0.29, 0.717) is 22.4 Å². The molecule has 0 atom stereocenters. The number of hydrogen-bond acceptors (Lipinski definition) is 5. The quantitative estimate of drug-likeness (QED) is 0.320. The first-order chi connectivity index (χ1) is 19.2. The molecule has 0 aliphatic heterocycles. The van der Waals surface area contributed by atoms with Crippen molar-refractivity contribution in [3.63, 3.8) is 0 Å². The molecule has 0 saturated carbocycles. The second kappa shape index (κ2) is 11.5. The molecule has 3 N–H and O–H groups in total. The Morgan fingerprint density at radius 3 is 2.29 bits per heavy atom. The van der Waals surface area contributed by atoms with Crippen LogP contribution in [0.3, 0.4) is 0 Å². The summed E-state index contributed by atoms with van der Waals surface area (Å²) in [5.74, 6) is -0.940. The molecule has 212 valence electrons. The Kier molecular flexibility index (Phi) is 8.27. The van der Waals surface area contributed by atoms with Crippen LogP contribution in [-0.4, -0.2) is 32.3 Å². The Bertz CT molecular complexity index is 1710. The van der Waals surface area contributed by atoms with Crippen molar-refractivity contribution in [2.75, 3.05) is 11.9 Å². The summed E-state index contributed by atoms with van der Waals surface area (Å²) in [6, 6.07) is 18.6. The zero-order valence-electron chi connectivity index (χ0n) is 21.9. The van der Waals surface area contributed by atoms with Crippen molar-refractivity contribution in [2.24, 2.45) is 5.14 Å². The molecule has 41 heavy (non-hydrogen) atoms. The predicted molar refractivity (Wildman–Crippen MR) is 148 cm³/mol. The van der Waals surface area contributed by atoms with Crippen molar-refractivity contribution in [3.8, 4) is 11.1 Å². The number of aryl methyl sites for hydroxylation is 1. The van der Waals surface area contributed by atoms with E-state index in [-0.39, 0.29) is 22.7 Å². The van der Waals surface area contributed by atoms with Crippen molar-refractivity contribution >= 4 is 27.5 Å². The van der Waals surface area contributed by atoms with Crippen LogP contribution in [0.4, 0.5) is 18.9 Å². The summed E-state index contributed by atoms with van der Waals surface area (Å²) >= 11 is 0. The fraction of sp³-hybridized carbons (Fsp3) is 0.138. The van der Waals surface area contributed by atoms with Gasteiger partial charge in [0.2, 0.25) is 10.0 Å². The van der Waals surface area contributed by atoms with Crippen LogP contribution in [0.1, 0.15) is 37.5 Å². The standard InChI is InChI=1S/C29H25F3N4O4S/c1-18-6-13-26(41(33,39)40)24(14-18)21-9-12-25(34-17-21)28(38)36(2)23-10-7-20(8-11-23)27(37)35-16-19-4-3-5-22(15-19)29(30,31)32/h3-15,17H,16H2,1-2H3,(H,35,37)(H2,33,39,40). The predicted octanol–water partition coefficient (Wildman–Crippen LogP) is 4.93. The number of anilines is 1. The number of pyridine rings is 1. The van der Waals surface area contributed by atoms with Crippen LogP contribution in [0, 0.1) is 6.92 Å². The third-order valence-corrected chi connectivity index (χ3v) is 7.23. The van der Waals surface area contributed by atoms with Crippen molar-refractivity contribution in [1.29, 1.82) is 0 Å². The molecule has 0 aliphatic carbocycles. The molecule has 2 amide bonds. The lowest BCUT2D eigenvalue weighted by molar-refractivity contribution is -0.137. The maximum Gasteiger partial charge on any atom is 0.416 e. The van der Waals surface area contributed by atoms with Gasteiger partial charge in [-0.3, -0.25) is 14.6 Å². The van der Waals surface area contributed by atoms with Gasteiger partial charge in [0.1, 0.15) is 5.69 Å². The molecular weight excluding hydrogens is 557 g/mol. The van der Waals surface area contributed by atoms with Gasteiger partial charge in [0.25, 0.3) is 11.8 Å². The van der Waals surface area contributed by atoms with Gasteiger partial charge in [0.05, 0.1) is 10.5 Å². The fourth-order valence-electron chi connectivity index (χ4n) is 4.06. The zero-order valence-corrected chi connectivity index (χ0v) is 22.8. The summed E-state index contributed by atoms with van der Waals surface area (Å²) in [7, 11) is -2.45. The van der Waals surface area contributed by atoms with Crippen LogP contribution in [-0.2, 0) is 22.7 Å². The average molecular weight is 583 g/mol. The number of carbonyl (C=O) groups excluding carboxylic acids is 2. The van der Waals surface area contributed by atoms with Crippen molar-refractivity contribution < 1.29 is 31.2 Å². The highest BCUT2D eigenvalue weighted by molar-refractivity contribution is 7.89. The van der Waals surface area contributed by atoms with Crippen LogP contribution in [0.15, 0.2) is 90.0 Å². The van der Waals surface area contributed by atoms with Crippen LogP contribution in [0.25, 0.3) is 11.1 Å². The molecule has 1 heterocycles. The normalized spacial score (nSPS) is 11.7. The van der Waals surface area contributed by atoms with E-state index in [1.54, 1.807) is 30.3 Å². The first kappa shape index (κ1) is 29.4. The molecule has 0 spiro atoms. The highest BCUT2D eigenvalue weighted by atomic mass is 32.2. The molecule has 0 saturated heterocycles. The SMILES string of the molecule is Cc1ccc(S(N)(=O)=O)c(-c2ccc(C(=O)N(C)c3ccc(C(=O)NCc4cccc(C(F)(F)F)c4)cc3)nc2)c1. The third kappa shape index (κ3) is 6.97. The van der Waals surface area contributed by atoms with Gasteiger partial charge in [0.15, 0.2) is 0 Å². The summed E-state index contributed by atoms with van der Waals surface area (Å²) < 4.78 is 62.7. The minimum Gasteiger partial charge on any atom is -0.348 e. The first-order valence-corrected chi connectivity index (χ1v) is 13.7. The summed E-state index contributed by atoms with van der Waals surface area (Å²) in [5, 5.41) is 7.93. The van der Waals surface area contributed by atoms with E-state index in [1.807, 2.05) is 6.92 Å². The lowest BCUT2D eigenvalue weighted by atomic mass is 10.0. The lowest BCUT2D eigenvalue weighted by Crippen LogP contribution is -2.27. The highest BCUT2D eigenvalue weighted by Gasteiger charge is 2.30. The number of halogens is 3. The van der Waals surface area contributed by atoms with Crippen LogP contribution < -0.4 is 15.4 Å². The summed E-state index contributed by atoms with van der Waals surface area (Å²) in [6.45, 7) is 1.72. The summed E-state index contributed by atoms with van der Waals surface area (Å²) in [6.07, 6.45) is -3.09. The van der Waals surface area contributed by atoms with Crippen molar-refractivity contribution in [2.45, 2.75) is 24.5 Å². The molecular formula is C29H25F3N4O4S. The van der Waals surface area contributed by atoms with E-state index < -0.39 is 33.6 Å². The van der Waals surface area contributed by atoms with E-state index in [2.05, 4.69) is 10.3 Å². The molecule has 12 heteroatoms. The molecule has 0 bridgehead atoms.